The molecular weight excluding hydrogens is 833 g/mol. The first-order valence-corrected chi connectivity index (χ1v) is 18.7. The van der Waals surface area contributed by atoms with E-state index in [1.54, 1.807) is 0 Å². The van der Waals surface area contributed by atoms with Crippen LogP contribution in [0.5, 0.6) is 5.75 Å². The van der Waals surface area contributed by atoms with Crippen molar-refractivity contribution in [2.75, 3.05) is 12.4 Å². The third-order valence-electron chi connectivity index (χ3n) is 5.93. The van der Waals surface area contributed by atoms with Crippen molar-refractivity contribution in [1.29, 1.82) is 0 Å². The Morgan fingerprint density at radius 3 is 1.73 bits per heavy atom. The van der Waals surface area contributed by atoms with Gasteiger partial charge < -0.3 is 18.8 Å². The van der Waals surface area contributed by atoms with Crippen LogP contribution in [0.25, 0.3) is 21.5 Å². The normalized spacial score (nSPS) is 12.5. The second kappa shape index (κ2) is 19.0. The van der Waals surface area contributed by atoms with E-state index in [0.717, 1.165) is 42.5 Å². The number of benzene rings is 4. The molecule has 0 unspecified atom stereocenters. The van der Waals surface area contributed by atoms with E-state index in [1.807, 2.05) is 0 Å². The molecule has 4 aromatic rings. The van der Waals surface area contributed by atoms with Crippen LogP contribution >= 0.6 is 0 Å². The predicted molar refractivity (Wildman–Crippen MR) is 145 cm³/mol. The van der Waals surface area contributed by atoms with E-state index in [4.69, 9.17) is 4.55 Å². The van der Waals surface area contributed by atoms with Crippen LogP contribution in [0.15, 0.2) is 84.4 Å². The van der Waals surface area contributed by atoms with Crippen molar-refractivity contribution in [2.24, 2.45) is 10.2 Å². The van der Waals surface area contributed by atoms with Crippen LogP contribution in [0.4, 0.5) is 11.4 Å². The zero-order valence-electron chi connectivity index (χ0n) is 25.6. The molecule has 0 atom stereocenters. The van der Waals surface area contributed by atoms with Crippen LogP contribution in [0.3, 0.4) is 0 Å². The topological polar surface area (TPSA) is 317 Å². The van der Waals surface area contributed by atoms with Crippen molar-refractivity contribution in [3.05, 3.63) is 54.6 Å². The van der Waals surface area contributed by atoms with E-state index in [2.05, 4.69) is 14.4 Å². The smallest absolute Gasteiger partial charge is 0.871 e. The van der Waals surface area contributed by atoms with Crippen LogP contribution in [0.2, 0.25) is 0 Å². The van der Waals surface area contributed by atoms with Crippen LogP contribution in [0, 0.1) is 0 Å². The monoisotopic (exact) mass is 846 g/mol. The summed E-state index contributed by atoms with van der Waals surface area (Å²) >= 11 is 0. The molecule has 0 amide bonds. The summed E-state index contributed by atoms with van der Waals surface area (Å²) in [4.78, 5) is -3.72. The SMILES string of the molecule is O=S(=O)(O)OCCS(=O)(=O)c1ccc2c(S(=O)(=O)[O-])c(N=Nc3c(S(=O)(=O)[O-])cc4cc(S(=O)(=O)[O-])ccc4c3[O-])ccc2c1.[K+].[K+].[Na+].[Na+]. The molecule has 0 aromatic heterocycles. The molecule has 0 fully saturated rings. The molecule has 0 radical (unpaired) electrons. The van der Waals surface area contributed by atoms with Crippen molar-refractivity contribution in [1.82, 2.24) is 0 Å². The maximum atomic E-state index is 13.1. The number of hydrogen-bond donors (Lipinski definition) is 1. The van der Waals surface area contributed by atoms with E-state index in [0.29, 0.717) is 12.1 Å². The molecule has 0 saturated carbocycles. The fourth-order valence-corrected chi connectivity index (χ4v) is 7.52. The van der Waals surface area contributed by atoms with Gasteiger partial charge in [0, 0.05) is 5.39 Å². The molecule has 18 nitrogen and oxygen atoms in total. The van der Waals surface area contributed by atoms with Gasteiger partial charge in [-0.3, -0.25) is 4.55 Å². The van der Waals surface area contributed by atoms with Crippen molar-refractivity contribution in [2.45, 2.75) is 19.6 Å². The summed E-state index contributed by atoms with van der Waals surface area (Å²) in [6.45, 7) is -0.963. The number of fused-ring (bicyclic) bond motifs is 2. The zero-order chi connectivity index (χ0) is 33.8. The standard InChI is InChI=1S/C22H18N2O16S5.2K.2Na/c25-21-16-4-3-15(42(28,29)30)10-13(16)11-19(43(31,32)33)20(21)24-23-18-6-1-12-9-14(2-5-17(12)22(18)44(34,35)36)41(26,27)8-7-40-45(37,38)39;;;;/h1-6,9-11,25H,7-8H2,(H,28,29,30)(H,31,32,33)(H,34,35,36)(H,37,38,39);;;;/q;4*+1/p-4. The first-order chi connectivity index (χ1) is 20.5. The van der Waals surface area contributed by atoms with Gasteiger partial charge in [0.2, 0.25) is 0 Å². The van der Waals surface area contributed by atoms with Gasteiger partial charge >= 0.3 is 172 Å². The van der Waals surface area contributed by atoms with Crippen LogP contribution in [0.1, 0.15) is 0 Å². The number of sulfone groups is 1. The molecule has 0 heterocycles. The summed E-state index contributed by atoms with van der Waals surface area (Å²) in [7, 11) is -25.2. The minimum absolute atomic E-state index is 0. The average molecular weight is 847 g/mol. The number of rotatable bonds is 10. The van der Waals surface area contributed by atoms with Gasteiger partial charge in [0.25, 0.3) is 0 Å². The summed E-state index contributed by atoms with van der Waals surface area (Å²) in [5.41, 5.74) is -1.91. The average Bonchev–Trinajstić information content (AvgIpc) is 2.89. The summed E-state index contributed by atoms with van der Waals surface area (Å²) < 4.78 is 166. The molecule has 0 aliphatic rings. The summed E-state index contributed by atoms with van der Waals surface area (Å²) in [6, 6.07) is 7.36. The van der Waals surface area contributed by atoms with Gasteiger partial charge in [0.05, 0.1) is 37.6 Å². The Morgan fingerprint density at radius 2 is 1.20 bits per heavy atom. The molecule has 0 spiro atoms. The largest absolute Gasteiger partial charge is 1.00 e. The Hall–Kier alpha value is 1.62. The fourth-order valence-electron chi connectivity index (χ4n) is 4.03. The predicted octanol–water partition coefficient (Wildman–Crippen LogP) is -11.2. The van der Waals surface area contributed by atoms with Crippen molar-refractivity contribution in [3.63, 3.8) is 0 Å². The molecule has 0 aliphatic heterocycles. The van der Waals surface area contributed by atoms with Crippen molar-refractivity contribution >= 4 is 83.5 Å². The Morgan fingerprint density at radius 1 is 0.653 bits per heavy atom. The molecule has 0 bridgehead atoms. The van der Waals surface area contributed by atoms with E-state index >= 15 is 0 Å². The quantitative estimate of drug-likeness (QED) is 0.0880. The van der Waals surface area contributed by atoms with Gasteiger partial charge in [-0.05, 0) is 52.6 Å². The van der Waals surface area contributed by atoms with Crippen LogP contribution in [-0.2, 0) is 54.8 Å². The second-order valence-electron chi connectivity index (χ2n) is 8.86. The number of azo groups is 1. The Kier molecular flexibility index (Phi) is 19.6. The van der Waals surface area contributed by atoms with Crippen LogP contribution in [-0.4, -0.2) is 72.7 Å². The van der Waals surface area contributed by atoms with Gasteiger partial charge in [-0.1, -0.05) is 23.9 Å². The number of hydrogen-bond acceptors (Lipinski definition) is 17. The summed E-state index contributed by atoms with van der Waals surface area (Å²) in [6.07, 6.45) is 0. The number of nitrogens with zero attached hydrogens (tertiary/aromatic N) is 2. The Balaban J connectivity index is 0.00000576. The van der Waals surface area contributed by atoms with Gasteiger partial charge in [-0.25, -0.2) is 37.9 Å². The third kappa shape index (κ3) is 12.8. The fraction of sp³-hybridized carbons (Fsp3) is 0.0909. The first kappa shape index (κ1) is 50.6. The molecule has 242 valence electrons. The maximum absolute atomic E-state index is 13.1. The molecule has 0 aliphatic carbocycles. The third-order valence-corrected chi connectivity index (χ3v) is 10.7. The van der Waals surface area contributed by atoms with Crippen LogP contribution < -0.4 is 167 Å². The molecule has 1 N–H and O–H groups in total. The minimum atomic E-state index is -5.53. The summed E-state index contributed by atoms with van der Waals surface area (Å²) in [5, 5.41) is 18.6. The summed E-state index contributed by atoms with van der Waals surface area (Å²) in [5.74, 6) is -2.22. The molecule has 49 heavy (non-hydrogen) atoms. The second-order valence-corrected chi connectivity index (χ2v) is 16.1. The van der Waals surface area contributed by atoms with Crippen molar-refractivity contribution < 1.29 is 231 Å². The van der Waals surface area contributed by atoms with E-state index in [-0.39, 0.29) is 167 Å². The van der Waals surface area contributed by atoms with E-state index in [1.165, 1.54) is 0 Å². The molecule has 27 heteroatoms. The molecular formula is C22H14K2N2Na2O16S5. The van der Waals surface area contributed by atoms with Gasteiger partial charge in [-0.15, -0.1) is 10.2 Å². The zero-order valence-corrected chi connectivity index (χ0v) is 39.9. The molecule has 4 rings (SSSR count). The Labute approximate surface area is 409 Å². The van der Waals surface area contributed by atoms with Gasteiger partial charge in [-0.2, -0.15) is 8.42 Å². The molecule has 0 saturated heterocycles. The van der Waals surface area contributed by atoms with Gasteiger partial charge in [0.15, 0.2) is 9.84 Å². The molecule has 4 aromatic carbocycles. The van der Waals surface area contributed by atoms with Gasteiger partial charge in [0.1, 0.15) is 36.0 Å². The Bertz CT molecular complexity index is 2500. The first-order valence-electron chi connectivity index (χ1n) is 11.5. The maximum Gasteiger partial charge on any atom is 1.00 e. The minimum Gasteiger partial charge on any atom is -0.871 e. The van der Waals surface area contributed by atoms with E-state index in [9.17, 15) is 60.9 Å². The van der Waals surface area contributed by atoms with Crippen molar-refractivity contribution in [3.8, 4) is 5.75 Å². The van der Waals surface area contributed by atoms with E-state index < -0.39 is 116 Å².